The van der Waals surface area contributed by atoms with Crippen molar-refractivity contribution in [3.8, 4) is 0 Å². The Labute approximate surface area is 127 Å². The van der Waals surface area contributed by atoms with E-state index in [9.17, 15) is 9.90 Å². The first-order valence-corrected chi connectivity index (χ1v) is 7.60. The summed E-state index contributed by atoms with van der Waals surface area (Å²) in [5, 5.41) is 11.5. The highest BCUT2D eigenvalue weighted by atomic mass is 16.5. The molecule has 0 spiro atoms. The van der Waals surface area contributed by atoms with Gasteiger partial charge in [0.15, 0.2) is 0 Å². The number of para-hydroxylation sites is 1. The van der Waals surface area contributed by atoms with E-state index in [2.05, 4.69) is 16.7 Å². The number of aromatic carboxylic acids is 1. The SMILES string of the molecule is O=C(O)c1ccc2c3ccccc3n(CC3CCCO3)c2c1. The summed E-state index contributed by atoms with van der Waals surface area (Å²) in [4.78, 5) is 11.3. The predicted octanol–water partition coefficient (Wildman–Crippen LogP) is 3.67. The maximum Gasteiger partial charge on any atom is 0.335 e. The van der Waals surface area contributed by atoms with Gasteiger partial charge in [0.25, 0.3) is 0 Å². The van der Waals surface area contributed by atoms with Gasteiger partial charge in [-0.25, -0.2) is 4.79 Å². The van der Waals surface area contributed by atoms with Gasteiger partial charge in [-0.3, -0.25) is 0 Å². The van der Waals surface area contributed by atoms with Crippen LogP contribution in [0.4, 0.5) is 0 Å². The minimum atomic E-state index is -0.893. The molecule has 0 amide bonds. The van der Waals surface area contributed by atoms with Crippen LogP contribution >= 0.6 is 0 Å². The van der Waals surface area contributed by atoms with E-state index in [-0.39, 0.29) is 6.10 Å². The zero-order chi connectivity index (χ0) is 15.1. The van der Waals surface area contributed by atoms with Crippen molar-refractivity contribution in [3.63, 3.8) is 0 Å². The third kappa shape index (κ3) is 2.07. The van der Waals surface area contributed by atoms with Crippen molar-refractivity contribution >= 4 is 27.8 Å². The Morgan fingerprint density at radius 2 is 2.00 bits per heavy atom. The molecule has 1 N–H and O–H groups in total. The minimum absolute atomic E-state index is 0.215. The van der Waals surface area contributed by atoms with Crippen LogP contribution in [0.5, 0.6) is 0 Å². The number of carboxylic acid groups (broad SMARTS) is 1. The molecule has 4 nitrogen and oxygen atoms in total. The van der Waals surface area contributed by atoms with Crippen molar-refractivity contribution < 1.29 is 14.6 Å². The zero-order valence-corrected chi connectivity index (χ0v) is 12.2. The summed E-state index contributed by atoms with van der Waals surface area (Å²) in [6.45, 7) is 1.59. The molecule has 0 radical (unpaired) electrons. The molecular weight excluding hydrogens is 278 g/mol. The lowest BCUT2D eigenvalue weighted by atomic mass is 10.1. The van der Waals surface area contributed by atoms with Gasteiger partial charge in [0.1, 0.15) is 0 Å². The number of benzene rings is 2. The van der Waals surface area contributed by atoms with Crippen LogP contribution in [0.1, 0.15) is 23.2 Å². The summed E-state index contributed by atoms with van der Waals surface area (Å²) in [6, 6.07) is 13.6. The van der Waals surface area contributed by atoms with Crippen molar-refractivity contribution in [2.45, 2.75) is 25.5 Å². The smallest absolute Gasteiger partial charge is 0.335 e. The number of carboxylic acids is 1. The number of carbonyl (C=O) groups is 1. The highest BCUT2D eigenvalue weighted by molar-refractivity contribution is 6.09. The number of hydrogen-bond acceptors (Lipinski definition) is 2. The Balaban J connectivity index is 1.95. The summed E-state index contributed by atoms with van der Waals surface area (Å²) in [7, 11) is 0. The van der Waals surface area contributed by atoms with Gasteiger partial charge in [0.05, 0.1) is 17.2 Å². The molecule has 2 aromatic carbocycles. The number of rotatable bonds is 3. The third-order valence-electron chi connectivity index (χ3n) is 4.43. The van der Waals surface area contributed by atoms with Crippen LogP contribution in [0.15, 0.2) is 42.5 Å². The molecule has 1 aromatic heterocycles. The summed E-state index contributed by atoms with van der Waals surface area (Å²) >= 11 is 0. The van der Waals surface area contributed by atoms with E-state index in [0.717, 1.165) is 47.8 Å². The summed E-state index contributed by atoms with van der Waals surface area (Å²) in [5.41, 5.74) is 2.43. The highest BCUT2D eigenvalue weighted by Gasteiger charge is 2.19. The average molecular weight is 295 g/mol. The first kappa shape index (κ1) is 13.3. The Morgan fingerprint density at radius 1 is 1.18 bits per heavy atom. The normalized spacial score (nSPS) is 18.3. The standard InChI is InChI=1S/C18H17NO3/c20-18(21)12-7-8-15-14-5-1-2-6-16(14)19(17(15)10-12)11-13-4-3-9-22-13/h1-2,5-8,10,13H,3-4,9,11H2,(H,20,21). The number of aromatic nitrogens is 1. The van der Waals surface area contributed by atoms with E-state index >= 15 is 0 Å². The van der Waals surface area contributed by atoms with Crippen LogP contribution in [0.3, 0.4) is 0 Å². The molecule has 22 heavy (non-hydrogen) atoms. The van der Waals surface area contributed by atoms with Gasteiger partial charge >= 0.3 is 5.97 Å². The van der Waals surface area contributed by atoms with Gasteiger partial charge in [-0.05, 0) is 31.0 Å². The predicted molar refractivity (Wildman–Crippen MR) is 85.4 cm³/mol. The minimum Gasteiger partial charge on any atom is -0.478 e. The molecular formula is C18H17NO3. The number of hydrogen-bond donors (Lipinski definition) is 1. The second-order valence-corrected chi connectivity index (χ2v) is 5.80. The maximum atomic E-state index is 11.3. The van der Waals surface area contributed by atoms with Crippen molar-refractivity contribution in [2.24, 2.45) is 0 Å². The van der Waals surface area contributed by atoms with Crippen molar-refractivity contribution in [1.29, 1.82) is 0 Å². The topological polar surface area (TPSA) is 51.5 Å². The molecule has 1 aliphatic heterocycles. The van der Waals surface area contributed by atoms with Gasteiger partial charge in [-0.1, -0.05) is 24.3 Å². The fourth-order valence-electron chi connectivity index (χ4n) is 3.37. The van der Waals surface area contributed by atoms with Crippen molar-refractivity contribution in [3.05, 3.63) is 48.0 Å². The van der Waals surface area contributed by atoms with E-state index in [1.54, 1.807) is 12.1 Å². The molecule has 4 rings (SSSR count). The highest BCUT2D eigenvalue weighted by Crippen LogP contribution is 2.31. The average Bonchev–Trinajstić information content (AvgIpc) is 3.15. The molecule has 1 atom stereocenters. The quantitative estimate of drug-likeness (QED) is 0.802. The molecule has 1 unspecified atom stereocenters. The molecule has 1 aliphatic rings. The molecule has 2 heterocycles. The molecule has 0 bridgehead atoms. The first-order valence-electron chi connectivity index (χ1n) is 7.60. The molecule has 1 fully saturated rings. The molecule has 0 aliphatic carbocycles. The van der Waals surface area contributed by atoms with Crippen LogP contribution in [-0.4, -0.2) is 28.4 Å². The van der Waals surface area contributed by atoms with Gasteiger partial charge in [-0.15, -0.1) is 0 Å². The Hall–Kier alpha value is -2.33. The Kier molecular flexibility index (Phi) is 3.12. The van der Waals surface area contributed by atoms with Gasteiger partial charge in [0.2, 0.25) is 0 Å². The lowest BCUT2D eigenvalue weighted by molar-refractivity contribution is 0.0697. The zero-order valence-electron chi connectivity index (χ0n) is 12.2. The van der Waals surface area contributed by atoms with Crippen LogP contribution in [0.2, 0.25) is 0 Å². The molecule has 0 saturated carbocycles. The monoisotopic (exact) mass is 295 g/mol. The third-order valence-corrected chi connectivity index (χ3v) is 4.43. The van der Waals surface area contributed by atoms with E-state index in [1.165, 1.54) is 0 Å². The fourth-order valence-corrected chi connectivity index (χ4v) is 3.37. The number of ether oxygens (including phenoxy) is 1. The summed E-state index contributed by atoms with van der Waals surface area (Å²) < 4.78 is 7.97. The second-order valence-electron chi connectivity index (χ2n) is 5.80. The van der Waals surface area contributed by atoms with Gasteiger partial charge in [0, 0.05) is 29.4 Å². The molecule has 1 saturated heterocycles. The lowest BCUT2D eigenvalue weighted by Gasteiger charge is -2.13. The fraction of sp³-hybridized carbons (Fsp3) is 0.278. The summed E-state index contributed by atoms with van der Waals surface area (Å²) in [5.74, 6) is -0.893. The molecule has 3 aromatic rings. The van der Waals surface area contributed by atoms with E-state index in [0.29, 0.717) is 5.56 Å². The Bertz CT molecular complexity index is 859. The molecule has 4 heteroatoms. The number of nitrogens with zero attached hydrogens (tertiary/aromatic N) is 1. The molecule has 112 valence electrons. The van der Waals surface area contributed by atoms with Gasteiger partial charge < -0.3 is 14.4 Å². The van der Waals surface area contributed by atoms with E-state index < -0.39 is 5.97 Å². The van der Waals surface area contributed by atoms with E-state index in [4.69, 9.17) is 4.74 Å². The van der Waals surface area contributed by atoms with Crippen molar-refractivity contribution in [1.82, 2.24) is 4.57 Å². The van der Waals surface area contributed by atoms with Crippen LogP contribution in [-0.2, 0) is 11.3 Å². The largest absolute Gasteiger partial charge is 0.478 e. The summed E-state index contributed by atoms with van der Waals surface area (Å²) in [6.07, 6.45) is 2.38. The van der Waals surface area contributed by atoms with E-state index in [1.807, 2.05) is 18.2 Å². The van der Waals surface area contributed by atoms with Crippen LogP contribution < -0.4 is 0 Å². The van der Waals surface area contributed by atoms with Crippen LogP contribution in [0, 0.1) is 0 Å². The second kappa shape index (κ2) is 5.14. The van der Waals surface area contributed by atoms with Gasteiger partial charge in [-0.2, -0.15) is 0 Å². The Morgan fingerprint density at radius 3 is 2.77 bits per heavy atom. The first-order chi connectivity index (χ1) is 10.7. The lowest BCUT2D eigenvalue weighted by Crippen LogP contribution is -2.14. The van der Waals surface area contributed by atoms with Crippen molar-refractivity contribution in [2.75, 3.05) is 6.61 Å². The number of fused-ring (bicyclic) bond motifs is 3. The maximum absolute atomic E-state index is 11.3. The van der Waals surface area contributed by atoms with Crippen LogP contribution in [0.25, 0.3) is 21.8 Å².